The summed E-state index contributed by atoms with van der Waals surface area (Å²) in [7, 11) is 0. The van der Waals surface area contributed by atoms with E-state index in [1.54, 1.807) is 0 Å². The summed E-state index contributed by atoms with van der Waals surface area (Å²) in [6.07, 6.45) is 15.2. The van der Waals surface area contributed by atoms with E-state index in [-0.39, 0.29) is 11.2 Å². The van der Waals surface area contributed by atoms with Crippen molar-refractivity contribution in [3.05, 3.63) is 0 Å². The number of aliphatic hydroxyl groups excluding tert-OH is 1. The summed E-state index contributed by atoms with van der Waals surface area (Å²) in [4.78, 5) is 0. The van der Waals surface area contributed by atoms with Crippen molar-refractivity contribution in [1.29, 1.82) is 0 Å². The molecule has 0 fully saturated rings. The highest BCUT2D eigenvalue weighted by molar-refractivity contribution is 4.87. The lowest BCUT2D eigenvalue weighted by atomic mass is 9.85. The van der Waals surface area contributed by atoms with Gasteiger partial charge in [-0.05, 0) is 44.9 Å². The predicted octanol–water partition coefficient (Wildman–Crippen LogP) is 7.38. The molecule has 3 nitrogen and oxygen atoms in total. The summed E-state index contributed by atoms with van der Waals surface area (Å²) in [5.74, 6) is 0. The molecule has 0 amide bonds. The molecule has 0 radical (unpaired) electrons. The second kappa shape index (κ2) is 17.9. The third kappa shape index (κ3) is 13.7. The van der Waals surface area contributed by atoms with Gasteiger partial charge in [-0.3, -0.25) is 0 Å². The van der Waals surface area contributed by atoms with Crippen molar-refractivity contribution in [2.24, 2.45) is 0 Å². The molecule has 166 valence electrons. The van der Waals surface area contributed by atoms with Crippen LogP contribution in [0.15, 0.2) is 0 Å². The molecular formula is C24H52O3. The van der Waals surface area contributed by atoms with Crippen LogP contribution in [-0.4, -0.2) is 27.7 Å². The van der Waals surface area contributed by atoms with Crippen LogP contribution in [0.25, 0.3) is 0 Å². The first kappa shape index (κ1) is 29.1. The first-order valence-corrected chi connectivity index (χ1v) is 11.9. The Hall–Kier alpha value is -0.120. The van der Waals surface area contributed by atoms with E-state index in [0.29, 0.717) is 6.42 Å². The summed E-state index contributed by atoms with van der Waals surface area (Å²) >= 11 is 0. The molecule has 0 spiro atoms. The van der Waals surface area contributed by atoms with Gasteiger partial charge in [0.05, 0.1) is 11.2 Å². The highest BCUT2D eigenvalue weighted by atomic mass is 16.5. The molecule has 0 rings (SSSR count). The van der Waals surface area contributed by atoms with Crippen LogP contribution in [0.2, 0.25) is 0 Å². The summed E-state index contributed by atoms with van der Waals surface area (Å²) in [6.45, 7) is 15.7. The molecule has 0 aliphatic heterocycles. The molecule has 27 heavy (non-hydrogen) atoms. The monoisotopic (exact) mass is 388 g/mol. The highest BCUT2D eigenvalue weighted by Gasteiger charge is 2.37. The van der Waals surface area contributed by atoms with Gasteiger partial charge in [-0.15, -0.1) is 0 Å². The van der Waals surface area contributed by atoms with Crippen molar-refractivity contribution in [3.8, 4) is 0 Å². The number of rotatable bonds is 16. The smallest absolute Gasteiger partial charge is 0.151 e. The van der Waals surface area contributed by atoms with Crippen LogP contribution in [0.5, 0.6) is 0 Å². The van der Waals surface area contributed by atoms with Crippen LogP contribution >= 0.6 is 0 Å². The second-order valence-electron chi connectivity index (χ2n) is 8.07. The molecule has 0 bridgehead atoms. The van der Waals surface area contributed by atoms with E-state index in [4.69, 9.17) is 14.9 Å². The molecule has 0 aliphatic rings. The summed E-state index contributed by atoms with van der Waals surface area (Å²) in [5.41, 5.74) is 0.237. The molecule has 0 aromatic rings. The van der Waals surface area contributed by atoms with Gasteiger partial charge in [0.15, 0.2) is 6.29 Å². The van der Waals surface area contributed by atoms with Crippen LogP contribution in [0.4, 0.5) is 0 Å². The number of aliphatic hydroxyl groups is 2. The number of hydrogen-bond acceptors (Lipinski definition) is 3. The maximum atomic E-state index is 8.11. The zero-order valence-corrected chi connectivity index (χ0v) is 19.8. The SMILES string of the molecule is CCCC(O)O.CCCCCC(CC)(CC)OC(CC)(CC)CCCCC. The average Bonchev–Trinajstić information content (AvgIpc) is 2.67. The fourth-order valence-electron chi connectivity index (χ4n) is 3.71. The second-order valence-corrected chi connectivity index (χ2v) is 8.07. The minimum atomic E-state index is -1.10. The van der Waals surface area contributed by atoms with Crippen LogP contribution in [-0.2, 0) is 4.74 Å². The zero-order chi connectivity index (χ0) is 21.2. The number of unbranched alkanes of at least 4 members (excludes halogenated alkanes) is 4. The van der Waals surface area contributed by atoms with Gasteiger partial charge in [0.25, 0.3) is 0 Å². The van der Waals surface area contributed by atoms with Gasteiger partial charge in [-0.25, -0.2) is 0 Å². The Morgan fingerprint density at radius 1 is 0.593 bits per heavy atom. The maximum absolute atomic E-state index is 8.11. The fourth-order valence-corrected chi connectivity index (χ4v) is 3.71. The minimum absolute atomic E-state index is 0.118. The van der Waals surface area contributed by atoms with Gasteiger partial charge in [0, 0.05) is 0 Å². The quantitative estimate of drug-likeness (QED) is 0.214. The summed E-state index contributed by atoms with van der Waals surface area (Å²) in [5, 5.41) is 16.2. The molecule has 0 saturated heterocycles. The van der Waals surface area contributed by atoms with E-state index in [2.05, 4.69) is 41.5 Å². The summed E-state index contributed by atoms with van der Waals surface area (Å²) in [6, 6.07) is 0. The molecule has 3 heteroatoms. The molecule has 0 unspecified atom stereocenters. The van der Waals surface area contributed by atoms with E-state index in [1.165, 1.54) is 51.4 Å². The molecular weight excluding hydrogens is 336 g/mol. The van der Waals surface area contributed by atoms with E-state index in [1.807, 2.05) is 6.92 Å². The lowest BCUT2D eigenvalue weighted by Crippen LogP contribution is -2.43. The Kier molecular flexibility index (Phi) is 19.3. The topological polar surface area (TPSA) is 49.7 Å². The van der Waals surface area contributed by atoms with Crippen molar-refractivity contribution >= 4 is 0 Å². The highest BCUT2D eigenvalue weighted by Crippen LogP contribution is 2.38. The average molecular weight is 389 g/mol. The van der Waals surface area contributed by atoms with Crippen LogP contribution in [0.3, 0.4) is 0 Å². The predicted molar refractivity (Wildman–Crippen MR) is 119 cm³/mol. The van der Waals surface area contributed by atoms with Crippen LogP contribution < -0.4 is 0 Å². The Bertz CT molecular complexity index is 270. The lowest BCUT2D eigenvalue weighted by Gasteiger charge is -2.44. The van der Waals surface area contributed by atoms with Crippen LogP contribution in [0, 0.1) is 0 Å². The van der Waals surface area contributed by atoms with Crippen molar-refractivity contribution in [3.63, 3.8) is 0 Å². The Morgan fingerprint density at radius 3 is 1.15 bits per heavy atom. The van der Waals surface area contributed by atoms with E-state index < -0.39 is 6.29 Å². The minimum Gasteiger partial charge on any atom is -0.369 e. The normalized spacial score (nSPS) is 12.2. The van der Waals surface area contributed by atoms with E-state index in [0.717, 1.165) is 32.1 Å². The zero-order valence-electron chi connectivity index (χ0n) is 19.8. The summed E-state index contributed by atoms with van der Waals surface area (Å²) < 4.78 is 6.92. The van der Waals surface area contributed by atoms with Crippen molar-refractivity contribution in [1.82, 2.24) is 0 Å². The third-order valence-electron chi connectivity index (χ3n) is 6.03. The fraction of sp³-hybridized carbons (Fsp3) is 1.00. The standard InChI is InChI=1S/C20H42O.C4H10O2/c1-7-13-15-17-19(9-3,10-4)21-20(11-5,12-6)18-16-14-8-2;1-2-3-4(5)6/h7-18H2,1-6H3;4-6H,2-3H2,1H3. The first-order valence-electron chi connectivity index (χ1n) is 11.9. The van der Waals surface area contributed by atoms with Gasteiger partial charge in [-0.1, -0.05) is 93.4 Å². The molecule has 0 aromatic carbocycles. The lowest BCUT2D eigenvalue weighted by molar-refractivity contribution is -0.173. The Labute approximate surface area is 171 Å². The molecule has 2 N–H and O–H groups in total. The van der Waals surface area contributed by atoms with Crippen molar-refractivity contribution in [2.75, 3.05) is 0 Å². The Morgan fingerprint density at radius 2 is 0.963 bits per heavy atom. The van der Waals surface area contributed by atoms with Gasteiger partial charge >= 0.3 is 0 Å². The van der Waals surface area contributed by atoms with Crippen LogP contribution in [0.1, 0.15) is 138 Å². The van der Waals surface area contributed by atoms with Crippen molar-refractivity contribution in [2.45, 2.75) is 156 Å². The maximum Gasteiger partial charge on any atom is 0.151 e. The Balaban J connectivity index is 0. The van der Waals surface area contributed by atoms with Crippen molar-refractivity contribution < 1.29 is 14.9 Å². The van der Waals surface area contributed by atoms with Gasteiger partial charge in [-0.2, -0.15) is 0 Å². The largest absolute Gasteiger partial charge is 0.369 e. The molecule has 0 aromatic heterocycles. The van der Waals surface area contributed by atoms with E-state index in [9.17, 15) is 0 Å². The van der Waals surface area contributed by atoms with Gasteiger partial charge in [0.1, 0.15) is 0 Å². The van der Waals surface area contributed by atoms with E-state index >= 15 is 0 Å². The first-order chi connectivity index (χ1) is 12.8. The third-order valence-corrected chi connectivity index (χ3v) is 6.03. The number of ether oxygens (including phenoxy) is 1. The number of hydrogen-bond donors (Lipinski definition) is 2. The molecule has 0 heterocycles. The molecule has 0 aliphatic carbocycles. The van der Waals surface area contributed by atoms with Gasteiger partial charge < -0.3 is 14.9 Å². The molecule has 0 saturated carbocycles. The van der Waals surface area contributed by atoms with Gasteiger partial charge in [0.2, 0.25) is 0 Å². The molecule has 0 atom stereocenters.